The van der Waals surface area contributed by atoms with E-state index in [2.05, 4.69) is 5.10 Å². The number of hydrogen-bond acceptors (Lipinski definition) is 4. The average Bonchev–Trinajstić information content (AvgIpc) is 3.00. The Morgan fingerprint density at radius 1 is 1.25 bits per heavy atom. The Morgan fingerprint density at radius 3 is 2.50 bits per heavy atom. The number of nitro groups is 1. The highest BCUT2D eigenvalue weighted by molar-refractivity contribution is 6.31. The van der Waals surface area contributed by atoms with E-state index in [-0.39, 0.29) is 17.6 Å². The SMILES string of the molecule is CC(=O)N1N=C(c2ccc([N+](=O)[O-])cc2)C[C@@H]1c1ccccc1Cl. The van der Waals surface area contributed by atoms with E-state index in [0.29, 0.717) is 17.2 Å². The van der Waals surface area contributed by atoms with Crippen LogP contribution in [0.5, 0.6) is 0 Å². The molecule has 3 rings (SSSR count). The van der Waals surface area contributed by atoms with Gasteiger partial charge in [0.2, 0.25) is 5.91 Å². The van der Waals surface area contributed by atoms with Crippen molar-refractivity contribution in [2.45, 2.75) is 19.4 Å². The third kappa shape index (κ3) is 3.00. The van der Waals surface area contributed by atoms with Crippen molar-refractivity contribution in [2.24, 2.45) is 5.10 Å². The van der Waals surface area contributed by atoms with E-state index in [1.54, 1.807) is 18.2 Å². The maximum absolute atomic E-state index is 11.9. The fraction of sp³-hybridized carbons (Fsp3) is 0.176. The molecule has 0 aliphatic carbocycles. The number of benzene rings is 2. The summed E-state index contributed by atoms with van der Waals surface area (Å²) in [6.45, 7) is 1.45. The van der Waals surface area contributed by atoms with E-state index in [9.17, 15) is 14.9 Å². The summed E-state index contributed by atoms with van der Waals surface area (Å²) in [6, 6.07) is 13.2. The summed E-state index contributed by atoms with van der Waals surface area (Å²) in [5.41, 5.74) is 2.30. The highest BCUT2D eigenvalue weighted by Gasteiger charge is 2.32. The molecule has 0 bridgehead atoms. The van der Waals surface area contributed by atoms with Crippen molar-refractivity contribution in [2.75, 3.05) is 0 Å². The molecule has 0 N–H and O–H groups in total. The topological polar surface area (TPSA) is 75.8 Å². The zero-order valence-corrected chi connectivity index (χ0v) is 13.6. The zero-order chi connectivity index (χ0) is 17.3. The van der Waals surface area contributed by atoms with E-state index in [0.717, 1.165) is 11.1 Å². The number of halogens is 1. The van der Waals surface area contributed by atoms with Crippen LogP contribution in [0.15, 0.2) is 53.6 Å². The fourth-order valence-corrected chi connectivity index (χ4v) is 3.00. The van der Waals surface area contributed by atoms with Crippen LogP contribution in [0.2, 0.25) is 5.02 Å². The highest BCUT2D eigenvalue weighted by atomic mass is 35.5. The molecule has 1 aliphatic heterocycles. The third-order valence-electron chi connectivity index (χ3n) is 3.91. The molecule has 1 heterocycles. The Kier molecular flexibility index (Phi) is 4.31. The minimum Gasteiger partial charge on any atom is -0.273 e. The smallest absolute Gasteiger partial charge is 0.269 e. The Bertz CT molecular complexity index is 833. The summed E-state index contributed by atoms with van der Waals surface area (Å²) in [6.07, 6.45) is 0.501. The number of carbonyl (C=O) groups excluding carboxylic acids is 1. The number of non-ortho nitro benzene ring substituents is 1. The van der Waals surface area contributed by atoms with Crippen molar-refractivity contribution in [3.63, 3.8) is 0 Å². The second-order valence-electron chi connectivity index (χ2n) is 5.46. The zero-order valence-electron chi connectivity index (χ0n) is 12.8. The van der Waals surface area contributed by atoms with E-state index >= 15 is 0 Å². The number of rotatable bonds is 3. The summed E-state index contributed by atoms with van der Waals surface area (Å²) in [5, 5.41) is 17.2. The van der Waals surface area contributed by atoms with Crippen LogP contribution in [0.4, 0.5) is 5.69 Å². The van der Waals surface area contributed by atoms with Gasteiger partial charge in [0.05, 0.1) is 16.7 Å². The summed E-state index contributed by atoms with van der Waals surface area (Å²) in [5.74, 6) is -0.183. The van der Waals surface area contributed by atoms with E-state index in [1.807, 2.05) is 18.2 Å². The molecule has 0 radical (unpaired) electrons. The quantitative estimate of drug-likeness (QED) is 0.625. The molecule has 0 spiro atoms. The van der Waals surface area contributed by atoms with Crippen LogP contribution in [-0.4, -0.2) is 21.6 Å². The molecule has 24 heavy (non-hydrogen) atoms. The number of nitrogens with zero attached hydrogens (tertiary/aromatic N) is 3. The maximum Gasteiger partial charge on any atom is 0.269 e. The van der Waals surface area contributed by atoms with Crippen LogP contribution in [0, 0.1) is 10.1 Å². The second-order valence-corrected chi connectivity index (χ2v) is 5.86. The largest absolute Gasteiger partial charge is 0.273 e. The van der Waals surface area contributed by atoms with E-state index in [1.165, 1.54) is 24.1 Å². The first-order valence-electron chi connectivity index (χ1n) is 7.34. The van der Waals surface area contributed by atoms with Crippen LogP contribution in [0.1, 0.15) is 30.5 Å². The van der Waals surface area contributed by atoms with Crippen molar-refractivity contribution in [1.82, 2.24) is 5.01 Å². The summed E-state index contributed by atoms with van der Waals surface area (Å²) < 4.78 is 0. The first-order chi connectivity index (χ1) is 11.5. The lowest BCUT2D eigenvalue weighted by atomic mass is 9.98. The van der Waals surface area contributed by atoms with Crippen molar-refractivity contribution >= 4 is 28.9 Å². The molecule has 1 amide bonds. The van der Waals surface area contributed by atoms with Crippen LogP contribution in [0.25, 0.3) is 0 Å². The van der Waals surface area contributed by atoms with Crippen molar-refractivity contribution in [1.29, 1.82) is 0 Å². The van der Waals surface area contributed by atoms with Gasteiger partial charge < -0.3 is 0 Å². The minimum atomic E-state index is -0.450. The summed E-state index contributed by atoms with van der Waals surface area (Å²) >= 11 is 6.26. The lowest BCUT2D eigenvalue weighted by molar-refractivity contribution is -0.384. The molecular weight excluding hydrogens is 330 g/mol. The molecule has 7 heteroatoms. The van der Waals surface area contributed by atoms with Gasteiger partial charge in [-0.25, -0.2) is 5.01 Å². The molecular formula is C17H14ClN3O3. The Hall–Kier alpha value is -2.73. The lowest BCUT2D eigenvalue weighted by Crippen LogP contribution is -2.24. The molecule has 2 aromatic rings. The average molecular weight is 344 g/mol. The van der Waals surface area contributed by atoms with Gasteiger partial charge in [-0.05, 0) is 29.3 Å². The predicted octanol–water partition coefficient (Wildman–Crippen LogP) is 3.95. The van der Waals surface area contributed by atoms with Gasteiger partial charge in [-0.15, -0.1) is 0 Å². The van der Waals surface area contributed by atoms with Gasteiger partial charge in [-0.1, -0.05) is 29.8 Å². The van der Waals surface area contributed by atoms with E-state index < -0.39 is 4.92 Å². The van der Waals surface area contributed by atoms with Gasteiger partial charge >= 0.3 is 0 Å². The molecule has 0 fully saturated rings. The number of hydrazone groups is 1. The summed E-state index contributed by atoms with van der Waals surface area (Å²) in [4.78, 5) is 22.3. The van der Waals surface area contributed by atoms with Gasteiger partial charge in [-0.2, -0.15) is 5.10 Å². The number of carbonyl (C=O) groups is 1. The summed E-state index contributed by atoms with van der Waals surface area (Å²) in [7, 11) is 0. The third-order valence-corrected chi connectivity index (χ3v) is 4.25. The van der Waals surface area contributed by atoms with Gasteiger partial charge in [0.1, 0.15) is 0 Å². The second kappa shape index (κ2) is 6.41. The molecule has 2 aromatic carbocycles. The number of hydrogen-bond donors (Lipinski definition) is 0. The Labute approximate surface area is 143 Å². The molecule has 122 valence electrons. The number of amides is 1. The predicted molar refractivity (Wildman–Crippen MR) is 91.0 cm³/mol. The molecule has 0 unspecified atom stereocenters. The number of nitro benzene ring substituents is 1. The Morgan fingerprint density at radius 2 is 1.92 bits per heavy atom. The maximum atomic E-state index is 11.9. The van der Waals surface area contributed by atoms with Crippen LogP contribution in [0.3, 0.4) is 0 Å². The highest BCUT2D eigenvalue weighted by Crippen LogP contribution is 2.36. The lowest BCUT2D eigenvalue weighted by Gasteiger charge is -2.21. The van der Waals surface area contributed by atoms with Gasteiger partial charge in [0.25, 0.3) is 5.69 Å². The van der Waals surface area contributed by atoms with Crippen LogP contribution in [-0.2, 0) is 4.79 Å². The molecule has 0 aromatic heterocycles. The van der Waals surface area contributed by atoms with Crippen LogP contribution < -0.4 is 0 Å². The molecule has 1 aliphatic rings. The standard InChI is InChI=1S/C17H14ClN3O3/c1-11(22)20-17(14-4-2-3-5-15(14)18)10-16(19-20)12-6-8-13(9-7-12)21(23)24/h2-9,17H,10H2,1H3/t17-/m1/s1. The van der Waals surface area contributed by atoms with Gasteiger partial charge in [0, 0.05) is 30.5 Å². The molecule has 6 nitrogen and oxygen atoms in total. The van der Waals surface area contributed by atoms with Crippen molar-refractivity contribution in [3.05, 3.63) is 74.8 Å². The first kappa shape index (κ1) is 16.1. The Balaban J connectivity index is 1.94. The fourth-order valence-electron chi connectivity index (χ4n) is 2.74. The van der Waals surface area contributed by atoms with E-state index in [4.69, 9.17) is 11.6 Å². The van der Waals surface area contributed by atoms with Gasteiger partial charge in [0.15, 0.2) is 0 Å². The van der Waals surface area contributed by atoms with Gasteiger partial charge in [-0.3, -0.25) is 14.9 Å². The molecule has 0 saturated heterocycles. The first-order valence-corrected chi connectivity index (χ1v) is 7.71. The normalized spacial score (nSPS) is 16.8. The minimum absolute atomic E-state index is 0.0171. The van der Waals surface area contributed by atoms with Crippen molar-refractivity contribution < 1.29 is 9.72 Å². The molecule has 1 atom stereocenters. The monoisotopic (exact) mass is 343 g/mol. The van der Waals surface area contributed by atoms with Crippen molar-refractivity contribution in [3.8, 4) is 0 Å². The molecule has 0 saturated carbocycles. The van der Waals surface area contributed by atoms with Crippen LogP contribution >= 0.6 is 11.6 Å².